The first-order valence-electron chi connectivity index (χ1n) is 5.68. The molecule has 2 heteroatoms. The van der Waals surface area contributed by atoms with Gasteiger partial charge in [0.25, 0.3) is 0 Å². The van der Waals surface area contributed by atoms with Crippen molar-refractivity contribution in [2.45, 2.75) is 70.6 Å². The first kappa shape index (κ1) is 11.0. The standard InChI is InChI=1S/C11H23NO/c1-3-6-9(2)12-10-7-4-5-8-11(10)13/h9-13H,3-8H2,1-2H3/t9-,10-,11+/m1/s1. The van der Waals surface area contributed by atoms with Crippen molar-refractivity contribution in [1.82, 2.24) is 5.32 Å². The van der Waals surface area contributed by atoms with Crippen LogP contribution in [0.5, 0.6) is 0 Å². The molecular weight excluding hydrogens is 162 g/mol. The SMILES string of the molecule is CCC[C@@H](C)N[C@@H]1CCCC[C@@H]1O. The largest absolute Gasteiger partial charge is 0.392 e. The average Bonchev–Trinajstić information content (AvgIpc) is 2.09. The summed E-state index contributed by atoms with van der Waals surface area (Å²) in [4.78, 5) is 0. The zero-order valence-electron chi connectivity index (χ0n) is 8.92. The Balaban J connectivity index is 2.25. The summed E-state index contributed by atoms with van der Waals surface area (Å²) in [5, 5.41) is 13.2. The maximum Gasteiger partial charge on any atom is 0.0693 e. The van der Waals surface area contributed by atoms with Gasteiger partial charge in [0.05, 0.1) is 6.10 Å². The van der Waals surface area contributed by atoms with E-state index in [1.54, 1.807) is 0 Å². The highest BCUT2D eigenvalue weighted by atomic mass is 16.3. The molecule has 1 rings (SSSR count). The zero-order chi connectivity index (χ0) is 9.68. The summed E-state index contributed by atoms with van der Waals surface area (Å²) in [7, 11) is 0. The Kier molecular flexibility index (Phi) is 4.74. The van der Waals surface area contributed by atoms with Crippen LogP contribution in [0, 0.1) is 0 Å². The molecule has 3 atom stereocenters. The van der Waals surface area contributed by atoms with E-state index in [4.69, 9.17) is 0 Å². The van der Waals surface area contributed by atoms with Crippen LogP contribution in [0.4, 0.5) is 0 Å². The Bertz CT molecular complexity index is 138. The number of aliphatic hydroxyl groups excluding tert-OH is 1. The molecule has 0 saturated heterocycles. The molecule has 0 radical (unpaired) electrons. The maximum absolute atomic E-state index is 9.72. The van der Waals surface area contributed by atoms with E-state index in [-0.39, 0.29) is 6.10 Å². The van der Waals surface area contributed by atoms with Crippen molar-refractivity contribution in [2.24, 2.45) is 0 Å². The molecule has 0 aromatic rings. The minimum Gasteiger partial charge on any atom is -0.392 e. The Morgan fingerprint density at radius 3 is 2.69 bits per heavy atom. The van der Waals surface area contributed by atoms with E-state index in [1.165, 1.54) is 25.7 Å². The second-order valence-electron chi connectivity index (χ2n) is 4.31. The molecule has 13 heavy (non-hydrogen) atoms. The maximum atomic E-state index is 9.72. The van der Waals surface area contributed by atoms with Crippen molar-refractivity contribution in [1.29, 1.82) is 0 Å². The van der Waals surface area contributed by atoms with Crippen LogP contribution in [-0.4, -0.2) is 23.3 Å². The molecule has 0 heterocycles. The summed E-state index contributed by atoms with van der Waals surface area (Å²) in [6, 6.07) is 0.915. The van der Waals surface area contributed by atoms with Crippen LogP contribution in [0.1, 0.15) is 52.4 Å². The Morgan fingerprint density at radius 2 is 2.08 bits per heavy atom. The van der Waals surface area contributed by atoms with E-state index in [0.717, 1.165) is 12.8 Å². The molecule has 0 aliphatic heterocycles. The van der Waals surface area contributed by atoms with Crippen molar-refractivity contribution < 1.29 is 5.11 Å². The third kappa shape index (κ3) is 3.65. The highest BCUT2D eigenvalue weighted by molar-refractivity contribution is 4.82. The molecule has 1 saturated carbocycles. The topological polar surface area (TPSA) is 32.3 Å². The monoisotopic (exact) mass is 185 g/mol. The van der Waals surface area contributed by atoms with Crippen LogP contribution < -0.4 is 5.32 Å². The molecule has 0 spiro atoms. The average molecular weight is 185 g/mol. The van der Waals surface area contributed by atoms with E-state index in [1.807, 2.05) is 0 Å². The molecule has 0 unspecified atom stereocenters. The number of rotatable bonds is 4. The fraction of sp³-hybridized carbons (Fsp3) is 1.00. The number of nitrogens with one attached hydrogen (secondary N) is 1. The molecule has 0 amide bonds. The van der Waals surface area contributed by atoms with Crippen LogP contribution in [0.25, 0.3) is 0 Å². The normalized spacial score (nSPS) is 31.6. The van der Waals surface area contributed by atoms with Crippen molar-refractivity contribution in [3.8, 4) is 0 Å². The van der Waals surface area contributed by atoms with E-state index in [0.29, 0.717) is 12.1 Å². The van der Waals surface area contributed by atoms with Gasteiger partial charge >= 0.3 is 0 Å². The molecule has 1 fully saturated rings. The van der Waals surface area contributed by atoms with Crippen molar-refractivity contribution in [3.05, 3.63) is 0 Å². The van der Waals surface area contributed by atoms with Gasteiger partial charge in [-0.1, -0.05) is 26.2 Å². The summed E-state index contributed by atoms with van der Waals surface area (Å²) >= 11 is 0. The summed E-state index contributed by atoms with van der Waals surface area (Å²) in [6.45, 7) is 4.42. The molecule has 0 aromatic heterocycles. The second-order valence-corrected chi connectivity index (χ2v) is 4.31. The molecule has 78 valence electrons. The van der Waals surface area contributed by atoms with Gasteiger partial charge in [-0.15, -0.1) is 0 Å². The lowest BCUT2D eigenvalue weighted by molar-refractivity contribution is 0.0853. The van der Waals surface area contributed by atoms with Crippen molar-refractivity contribution >= 4 is 0 Å². The van der Waals surface area contributed by atoms with Gasteiger partial charge in [-0.25, -0.2) is 0 Å². The molecule has 1 aliphatic rings. The van der Waals surface area contributed by atoms with Crippen LogP contribution >= 0.6 is 0 Å². The summed E-state index contributed by atoms with van der Waals surface area (Å²) < 4.78 is 0. The zero-order valence-corrected chi connectivity index (χ0v) is 8.92. The Hall–Kier alpha value is -0.0800. The van der Waals surface area contributed by atoms with Crippen LogP contribution in [0.3, 0.4) is 0 Å². The predicted octanol–water partition coefficient (Wildman–Crippen LogP) is 2.07. The first-order valence-corrected chi connectivity index (χ1v) is 5.68. The third-order valence-electron chi connectivity index (χ3n) is 2.95. The Labute approximate surface area is 81.7 Å². The van der Waals surface area contributed by atoms with Gasteiger partial charge in [0.1, 0.15) is 0 Å². The second kappa shape index (κ2) is 5.61. The van der Waals surface area contributed by atoms with E-state index in [2.05, 4.69) is 19.2 Å². The molecular formula is C11H23NO. The van der Waals surface area contributed by atoms with Gasteiger partial charge in [0.2, 0.25) is 0 Å². The predicted molar refractivity (Wildman–Crippen MR) is 55.8 cm³/mol. The Morgan fingerprint density at radius 1 is 1.38 bits per heavy atom. The fourth-order valence-corrected chi connectivity index (χ4v) is 2.19. The van der Waals surface area contributed by atoms with Crippen LogP contribution in [0.15, 0.2) is 0 Å². The summed E-state index contributed by atoms with van der Waals surface area (Å²) in [5.74, 6) is 0. The summed E-state index contributed by atoms with van der Waals surface area (Å²) in [5.41, 5.74) is 0. The van der Waals surface area contributed by atoms with Gasteiger partial charge < -0.3 is 10.4 Å². The minimum atomic E-state index is -0.104. The fourth-order valence-electron chi connectivity index (χ4n) is 2.19. The summed E-state index contributed by atoms with van der Waals surface area (Å²) in [6.07, 6.45) is 6.93. The van der Waals surface area contributed by atoms with Gasteiger partial charge in [0, 0.05) is 12.1 Å². The molecule has 2 N–H and O–H groups in total. The van der Waals surface area contributed by atoms with E-state index in [9.17, 15) is 5.11 Å². The van der Waals surface area contributed by atoms with E-state index < -0.39 is 0 Å². The van der Waals surface area contributed by atoms with Crippen LogP contribution in [-0.2, 0) is 0 Å². The molecule has 1 aliphatic carbocycles. The number of hydrogen-bond acceptors (Lipinski definition) is 2. The molecule has 2 nitrogen and oxygen atoms in total. The minimum absolute atomic E-state index is 0.104. The lowest BCUT2D eigenvalue weighted by atomic mass is 9.92. The molecule has 0 aromatic carbocycles. The quantitative estimate of drug-likeness (QED) is 0.702. The van der Waals surface area contributed by atoms with Gasteiger partial charge in [-0.3, -0.25) is 0 Å². The molecule has 0 bridgehead atoms. The third-order valence-corrected chi connectivity index (χ3v) is 2.95. The number of hydrogen-bond donors (Lipinski definition) is 2. The highest BCUT2D eigenvalue weighted by Crippen LogP contribution is 2.19. The van der Waals surface area contributed by atoms with Gasteiger partial charge in [-0.05, 0) is 26.2 Å². The van der Waals surface area contributed by atoms with Crippen LogP contribution in [0.2, 0.25) is 0 Å². The van der Waals surface area contributed by atoms with E-state index >= 15 is 0 Å². The van der Waals surface area contributed by atoms with Crippen molar-refractivity contribution in [2.75, 3.05) is 0 Å². The van der Waals surface area contributed by atoms with Gasteiger partial charge in [-0.2, -0.15) is 0 Å². The first-order chi connectivity index (χ1) is 6.24. The number of aliphatic hydroxyl groups is 1. The van der Waals surface area contributed by atoms with Gasteiger partial charge in [0.15, 0.2) is 0 Å². The lowest BCUT2D eigenvalue weighted by Gasteiger charge is -2.31. The lowest BCUT2D eigenvalue weighted by Crippen LogP contribution is -2.46. The smallest absolute Gasteiger partial charge is 0.0693 e. The van der Waals surface area contributed by atoms with Crippen molar-refractivity contribution in [3.63, 3.8) is 0 Å². The highest BCUT2D eigenvalue weighted by Gasteiger charge is 2.23.